The van der Waals surface area contributed by atoms with Gasteiger partial charge in [-0.25, -0.2) is 4.90 Å². The van der Waals surface area contributed by atoms with Crippen molar-refractivity contribution in [2.45, 2.75) is 11.8 Å². The maximum absolute atomic E-state index is 13.5. The number of imide groups is 1. The molecule has 4 rings (SSSR count). The lowest BCUT2D eigenvalue weighted by atomic mass is 10.1. The Balaban J connectivity index is 1.83. The van der Waals surface area contributed by atoms with E-state index < -0.39 is 0 Å². The van der Waals surface area contributed by atoms with E-state index >= 15 is 0 Å². The largest absolute Gasteiger partial charge is 0.492 e. The van der Waals surface area contributed by atoms with Crippen LogP contribution in [0.2, 0.25) is 5.02 Å². The van der Waals surface area contributed by atoms with Crippen molar-refractivity contribution in [3.05, 3.63) is 94.4 Å². The van der Waals surface area contributed by atoms with Gasteiger partial charge in [0.1, 0.15) is 5.75 Å². The first-order valence-corrected chi connectivity index (χ1v) is 10.6. The summed E-state index contributed by atoms with van der Waals surface area (Å²) in [5.41, 5.74) is 1.44. The summed E-state index contributed by atoms with van der Waals surface area (Å²) < 4.78 is 5.67. The smallest absolute Gasteiger partial charge is 0.273 e. The molecule has 1 heterocycles. The Morgan fingerprint density at radius 1 is 0.867 bits per heavy atom. The molecule has 3 aromatic rings. The van der Waals surface area contributed by atoms with Gasteiger partial charge in [0.05, 0.1) is 22.8 Å². The second-order valence-electron chi connectivity index (χ2n) is 6.47. The van der Waals surface area contributed by atoms with Crippen molar-refractivity contribution in [3.63, 3.8) is 0 Å². The molecule has 0 radical (unpaired) electrons. The molecule has 0 fully saturated rings. The van der Waals surface area contributed by atoms with Crippen LogP contribution in [0.4, 0.5) is 5.69 Å². The number of rotatable bonds is 6. The lowest BCUT2D eigenvalue weighted by Crippen LogP contribution is -2.31. The highest BCUT2D eigenvalue weighted by atomic mass is 35.5. The normalized spacial score (nSPS) is 13.9. The Morgan fingerprint density at radius 3 is 2.23 bits per heavy atom. The zero-order valence-electron chi connectivity index (χ0n) is 16.2. The standard InChI is InChI=1S/C24H18ClNO3S/c1-2-29-20-11-7-6-10-19(20)26-23(27)21(16-12-14-17(25)15-13-16)22(24(26)28)30-18-8-4-3-5-9-18/h3-15H,2H2,1H3. The Kier molecular flexibility index (Phi) is 5.93. The summed E-state index contributed by atoms with van der Waals surface area (Å²) in [6, 6.07) is 23.5. The number of ether oxygens (including phenoxy) is 1. The van der Waals surface area contributed by atoms with Crippen LogP contribution >= 0.6 is 23.4 Å². The molecule has 2 amide bonds. The number of hydrogen-bond donors (Lipinski definition) is 0. The summed E-state index contributed by atoms with van der Waals surface area (Å²) in [6.45, 7) is 2.29. The van der Waals surface area contributed by atoms with Crippen LogP contribution in [0.15, 0.2) is 88.7 Å². The summed E-state index contributed by atoms with van der Waals surface area (Å²) in [5.74, 6) is -0.262. The highest BCUT2D eigenvalue weighted by Gasteiger charge is 2.41. The van der Waals surface area contributed by atoms with E-state index in [0.717, 1.165) is 4.90 Å². The van der Waals surface area contributed by atoms with Crippen LogP contribution in [0.25, 0.3) is 5.57 Å². The highest BCUT2D eigenvalue weighted by molar-refractivity contribution is 8.04. The van der Waals surface area contributed by atoms with Crippen LogP contribution in [0.3, 0.4) is 0 Å². The van der Waals surface area contributed by atoms with Gasteiger partial charge in [0.25, 0.3) is 11.8 Å². The van der Waals surface area contributed by atoms with E-state index in [-0.39, 0.29) is 11.8 Å². The number of amides is 2. The van der Waals surface area contributed by atoms with Crippen LogP contribution in [-0.2, 0) is 9.59 Å². The number of carbonyl (C=O) groups excluding carboxylic acids is 2. The number of halogens is 1. The molecule has 3 aromatic carbocycles. The first-order chi connectivity index (χ1) is 14.6. The fraction of sp³-hybridized carbons (Fsp3) is 0.0833. The highest BCUT2D eigenvalue weighted by Crippen LogP contribution is 2.43. The van der Waals surface area contributed by atoms with Crippen LogP contribution in [0.1, 0.15) is 12.5 Å². The van der Waals surface area contributed by atoms with Crippen molar-refractivity contribution in [3.8, 4) is 5.75 Å². The number of anilines is 1. The minimum Gasteiger partial charge on any atom is -0.492 e. The predicted molar refractivity (Wildman–Crippen MR) is 121 cm³/mol. The third-order valence-corrected chi connectivity index (χ3v) is 5.89. The molecule has 0 saturated carbocycles. The monoisotopic (exact) mass is 435 g/mol. The molecule has 1 aliphatic rings. The van der Waals surface area contributed by atoms with Gasteiger partial charge in [0, 0.05) is 9.92 Å². The molecule has 4 nitrogen and oxygen atoms in total. The van der Waals surface area contributed by atoms with Gasteiger partial charge in [0.15, 0.2) is 0 Å². The Bertz CT molecular complexity index is 1130. The van der Waals surface area contributed by atoms with Gasteiger partial charge in [-0.1, -0.05) is 65.8 Å². The number of nitrogens with zero attached hydrogens (tertiary/aromatic N) is 1. The zero-order chi connectivity index (χ0) is 21.1. The maximum Gasteiger partial charge on any atom is 0.273 e. The predicted octanol–water partition coefficient (Wildman–Crippen LogP) is 5.82. The number of benzene rings is 3. The van der Waals surface area contributed by atoms with Crippen LogP contribution in [0, 0.1) is 0 Å². The first kappa shape index (κ1) is 20.3. The van der Waals surface area contributed by atoms with E-state index in [1.807, 2.05) is 43.3 Å². The number of thioether (sulfide) groups is 1. The molecule has 0 aliphatic carbocycles. The van der Waals surface area contributed by atoms with Gasteiger partial charge in [-0.15, -0.1) is 0 Å². The topological polar surface area (TPSA) is 46.6 Å². The molecule has 0 unspecified atom stereocenters. The van der Waals surface area contributed by atoms with Crippen molar-refractivity contribution >= 4 is 46.4 Å². The summed E-state index contributed by atoms with van der Waals surface area (Å²) in [4.78, 5) is 29.4. The van der Waals surface area contributed by atoms with E-state index in [4.69, 9.17) is 16.3 Å². The quantitative estimate of drug-likeness (QED) is 0.458. The molecule has 1 aliphatic heterocycles. The minimum atomic E-state index is -0.382. The Labute approximate surface area is 184 Å². The van der Waals surface area contributed by atoms with Gasteiger partial charge in [0.2, 0.25) is 0 Å². The average Bonchev–Trinajstić information content (AvgIpc) is 3.00. The van der Waals surface area contributed by atoms with E-state index in [2.05, 4.69) is 0 Å². The second kappa shape index (κ2) is 8.78. The summed E-state index contributed by atoms with van der Waals surface area (Å²) >= 11 is 7.31. The van der Waals surface area contributed by atoms with Gasteiger partial charge >= 0.3 is 0 Å². The van der Waals surface area contributed by atoms with Crippen LogP contribution < -0.4 is 9.64 Å². The van der Waals surface area contributed by atoms with Gasteiger partial charge in [-0.2, -0.15) is 0 Å². The third-order valence-electron chi connectivity index (χ3n) is 4.54. The van der Waals surface area contributed by atoms with E-state index in [1.54, 1.807) is 42.5 Å². The molecule has 0 saturated heterocycles. The molecule has 30 heavy (non-hydrogen) atoms. The first-order valence-electron chi connectivity index (χ1n) is 9.44. The number of hydrogen-bond acceptors (Lipinski definition) is 4. The zero-order valence-corrected chi connectivity index (χ0v) is 17.7. The van der Waals surface area contributed by atoms with Gasteiger partial charge < -0.3 is 4.74 Å². The fourth-order valence-corrected chi connectivity index (χ4v) is 4.36. The van der Waals surface area contributed by atoms with Crippen molar-refractivity contribution in [1.29, 1.82) is 0 Å². The van der Waals surface area contributed by atoms with Crippen LogP contribution in [-0.4, -0.2) is 18.4 Å². The Hall–Kier alpha value is -3.02. The Morgan fingerprint density at radius 2 is 1.53 bits per heavy atom. The summed E-state index contributed by atoms with van der Waals surface area (Å²) in [6.07, 6.45) is 0. The van der Waals surface area contributed by atoms with Gasteiger partial charge in [-0.3, -0.25) is 9.59 Å². The number of carbonyl (C=O) groups is 2. The molecular weight excluding hydrogens is 418 g/mol. The molecule has 6 heteroatoms. The molecule has 0 aromatic heterocycles. The second-order valence-corrected chi connectivity index (χ2v) is 7.99. The van der Waals surface area contributed by atoms with Crippen molar-refractivity contribution < 1.29 is 14.3 Å². The fourth-order valence-electron chi connectivity index (χ4n) is 3.22. The lowest BCUT2D eigenvalue weighted by Gasteiger charge is -2.18. The minimum absolute atomic E-state index is 0.358. The maximum atomic E-state index is 13.5. The van der Waals surface area contributed by atoms with E-state index in [1.165, 1.54) is 16.7 Å². The van der Waals surface area contributed by atoms with Crippen molar-refractivity contribution in [2.24, 2.45) is 0 Å². The molecule has 0 bridgehead atoms. The molecule has 0 atom stereocenters. The summed E-state index contributed by atoms with van der Waals surface area (Å²) in [5, 5.41) is 0.562. The van der Waals surface area contributed by atoms with Crippen molar-refractivity contribution in [1.82, 2.24) is 0 Å². The summed E-state index contributed by atoms with van der Waals surface area (Å²) in [7, 11) is 0. The molecule has 150 valence electrons. The SMILES string of the molecule is CCOc1ccccc1N1C(=O)C(Sc2ccccc2)=C(c2ccc(Cl)cc2)C1=O. The van der Waals surface area contributed by atoms with E-state index in [0.29, 0.717) is 39.1 Å². The molecular formula is C24H18ClNO3S. The van der Waals surface area contributed by atoms with Gasteiger partial charge in [-0.05, 0) is 48.9 Å². The molecule has 0 spiro atoms. The van der Waals surface area contributed by atoms with Crippen LogP contribution in [0.5, 0.6) is 5.75 Å². The lowest BCUT2D eigenvalue weighted by molar-refractivity contribution is -0.119. The third kappa shape index (κ3) is 3.86. The van der Waals surface area contributed by atoms with E-state index in [9.17, 15) is 9.59 Å². The number of para-hydroxylation sites is 2. The average molecular weight is 436 g/mol. The molecule has 0 N–H and O–H groups in total. The van der Waals surface area contributed by atoms with Crippen molar-refractivity contribution in [2.75, 3.05) is 11.5 Å².